The normalized spacial score (nSPS) is 24.1. The quantitative estimate of drug-likeness (QED) is 0.832. The van der Waals surface area contributed by atoms with E-state index in [-0.39, 0.29) is 11.8 Å². The first-order chi connectivity index (χ1) is 9.31. The number of nitrogens with one attached hydrogen (secondary N) is 2. The number of benzene rings is 1. The average molecular weight is 259 g/mol. The molecular formula is C15H21N3O. The van der Waals surface area contributed by atoms with Crippen molar-refractivity contribution < 1.29 is 4.79 Å². The predicted molar refractivity (Wildman–Crippen MR) is 74.6 cm³/mol. The van der Waals surface area contributed by atoms with E-state index in [4.69, 9.17) is 0 Å². The highest BCUT2D eigenvalue weighted by Crippen LogP contribution is 2.14. The summed E-state index contributed by atoms with van der Waals surface area (Å²) in [7, 11) is 0. The van der Waals surface area contributed by atoms with Gasteiger partial charge in [0.05, 0.1) is 5.92 Å². The molecule has 1 atom stereocenters. The third-order valence-electron chi connectivity index (χ3n) is 4.02. The molecule has 0 bridgehead atoms. The van der Waals surface area contributed by atoms with E-state index < -0.39 is 0 Å². The molecule has 4 heteroatoms. The molecule has 2 fully saturated rings. The molecule has 2 aliphatic rings. The Morgan fingerprint density at radius 1 is 1.32 bits per heavy atom. The lowest BCUT2D eigenvalue weighted by Crippen LogP contribution is -2.53. The number of carbonyl (C=O) groups excluding carboxylic acids is 1. The van der Waals surface area contributed by atoms with Crippen LogP contribution in [-0.4, -0.2) is 43.0 Å². The van der Waals surface area contributed by atoms with E-state index >= 15 is 0 Å². The minimum atomic E-state index is 0.197. The molecule has 2 aliphatic heterocycles. The Morgan fingerprint density at radius 3 is 2.79 bits per heavy atom. The van der Waals surface area contributed by atoms with E-state index in [0.29, 0.717) is 6.04 Å². The molecule has 19 heavy (non-hydrogen) atoms. The van der Waals surface area contributed by atoms with E-state index in [0.717, 1.165) is 39.1 Å². The monoisotopic (exact) mass is 259 g/mol. The molecule has 1 amide bonds. The van der Waals surface area contributed by atoms with Crippen LogP contribution in [0.3, 0.4) is 0 Å². The van der Waals surface area contributed by atoms with Crippen molar-refractivity contribution in [1.29, 1.82) is 0 Å². The van der Waals surface area contributed by atoms with Gasteiger partial charge in [-0.25, -0.2) is 0 Å². The van der Waals surface area contributed by atoms with Crippen LogP contribution in [0.1, 0.15) is 12.0 Å². The molecule has 0 spiro atoms. The Morgan fingerprint density at radius 2 is 2.11 bits per heavy atom. The van der Waals surface area contributed by atoms with Crippen molar-refractivity contribution in [3.8, 4) is 0 Å². The smallest absolute Gasteiger partial charge is 0.225 e. The second kappa shape index (κ2) is 5.72. The highest BCUT2D eigenvalue weighted by molar-refractivity contribution is 5.80. The van der Waals surface area contributed by atoms with Gasteiger partial charge in [0.15, 0.2) is 0 Å². The summed E-state index contributed by atoms with van der Waals surface area (Å²) in [6.45, 7) is 4.71. The Balaban J connectivity index is 1.46. The summed E-state index contributed by atoms with van der Waals surface area (Å²) in [4.78, 5) is 14.3. The van der Waals surface area contributed by atoms with Gasteiger partial charge in [-0.15, -0.1) is 0 Å². The maximum atomic E-state index is 11.9. The number of hydrogen-bond acceptors (Lipinski definition) is 3. The molecule has 2 saturated heterocycles. The maximum Gasteiger partial charge on any atom is 0.225 e. The second-order valence-electron chi connectivity index (χ2n) is 5.57. The number of nitrogens with zero attached hydrogens (tertiary/aromatic N) is 1. The molecule has 102 valence electrons. The van der Waals surface area contributed by atoms with E-state index in [2.05, 4.69) is 39.8 Å². The summed E-state index contributed by atoms with van der Waals surface area (Å²) >= 11 is 0. The molecule has 0 radical (unpaired) electrons. The fraction of sp³-hybridized carbons (Fsp3) is 0.533. The third kappa shape index (κ3) is 3.14. The third-order valence-corrected chi connectivity index (χ3v) is 4.02. The topological polar surface area (TPSA) is 44.4 Å². The molecular weight excluding hydrogens is 238 g/mol. The second-order valence-corrected chi connectivity index (χ2v) is 5.57. The number of amides is 1. The first kappa shape index (κ1) is 12.6. The molecule has 0 saturated carbocycles. The standard InChI is InChI=1S/C15H21N3O/c19-15(13-8-16-9-13)17-14-6-7-18(11-14)10-12-4-2-1-3-5-12/h1-5,13-14,16H,6-11H2,(H,17,19). The molecule has 1 aromatic rings. The maximum absolute atomic E-state index is 11.9. The van der Waals surface area contributed by atoms with Gasteiger partial charge in [-0.1, -0.05) is 30.3 Å². The van der Waals surface area contributed by atoms with Crippen molar-refractivity contribution >= 4 is 5.91 Å². The van der Waals surface area contributed by atoms with Gasteiger partial charge >= 0.3 is 0 Å². The zero-order valence-corrected chi connectivity index (χ0v) is 11.1. The summed E-state index contributed by atoms with van der Waals surface area (Å²) < 4.78 is 0. The predicted octanol–water partition coefficient (Wildman–Crippen LogP) is 0.596. The summed E-state index contributed by atoms with van der Waals surface area (Å²) in [5, 5.41) is 6.31. The highest BCUT2D eigenvalue weighted by atomic mass is 16.2. The first-order valence-corrected chi connectivity index (χ1v) is 7.08. The molecule has 2 N–H and O–H groups in total. The Kier molecular flexibility index (Phi) is 3.80. The van der Waals surface area contributed by atoms with Crippen molar-refractivity contribution in [2.45, 2.75) is 19.0 Å². The summed E-state index contributed by atoms with van der Waals surface area (Å²) in [6, 6.07) is 10.8. The van der Waals surface area contributed by atoms with Crippen LogP contribution >= 0.6 is 0 Å². The van der Waals surface area contributed by atoms with Crippen LogP contribution in [0, 0.1) is 5.92 Å². The lowest BCUT2D eigenvalue weighted by atomic mass is 10.0. The lowest BCUT2D eigenvalue weighted by molar-refractivity contribution is -0.127. The zero-order chi connectivity index (χ0) is 13.1. The Hall–Kier alpha value is -1.39. The van der Waals surface area contributed by atoms with Crippen molar-refractivity contribution in [1.82, 2.24) is 15.5 Å². The van der Waals surface area contributed by atoms with Gasteiger partial charge in [-0.3, -0.25) is 9.69 Å². The number of hydrogen-bond donors (Lipinski definition) is 2. The number of rotatable bonds is 4. The van der Waals surface area contributed by atoms with E-state index in [1.54, 1.807) is 0 Å². The number of likely N-dealkylation sites (tertiary alicyclic amines) is 1. The average Bonchev–Trinajstić information content (AvgIpc) is 2.75. The van der Waals surface area contributed by atoms with Gasteiger partial charge in [0.25, 0.3) is 0 Å². The minimum absolute atomic E-state index is 0.197. The fourth-order valence-corrected chi connectivity index (χ4v) is 2.73. The van der Waals surface area contributed by atoms with Gasteiger partial charge in [-0.2, -0.15) is 0 Å². The van der Waals surface area contributed by atoms with E-state index in [1.165, 1.54) is 5.56 Å². The molecule has 0 aromatic heterocycles. The summed E-state index contributed by atoms with van der Waals surface area (Å²) in [5.41, 5.74) is 1.35. The molecule has 0 aliphatic carbocycles. The van der Waals surface area contributed by atoms with Gasteiger partial charge in [0.1, 0.15) is 0 Å². The van der Waals surface area contributed by atoms with Crippen LogP contribution in [-0.2, 0) is 11.3 Å². The van der Waals surface area contributed by atoms with Crippen LogP contribution < -0.4 is 10.6 Å². The van der Waals surface area contributed by atoms with Crippen LogP contribution in [0.4, 0.5) is 0 Å². The molecule has 3 rings (SSSR count). The SMILES string of the molecule is O=C(NC1CCN(Cc2ccccc2)C1)C1CNC1. The molecule has 2 heterocycles. The van der Waals surface area contributed by atoms with Crippen LogP contribution in [0.5, 0.6) is 0 Å². The van der Waals surface area contributed by atoms with Crippen LogP contribution in [0.2, 0.25) is 0 Å². The molecule has 4 nitrogen and oxygen atoms in total. The van der Waals surface area contributed by atoms with Gasteiger partial charge < -0.3 is 10.6 Å². The van der Waals surface area contributed by atoms with Gasteiger partial charge in [-0.05, 0) is 12.0 Å². The summed E-state index contributed by atoms with van der Waals surface area (Å²) in [6.07, 6.45) is 1.07. The summed E-state index contributed by atoms with van der Waals surface area (Å²) in [5.74, 6) is 0.425. The van der Waals surface area contributed by atoms with Crippen molar-refractivity contribution in [2.75, 3.05) is 26.2 Å². The largest absolute Gasteiger partial charge is 0.352 e. The van der Waals surface area contributed by atoms with Crippen LogP contribution in [0.15, 0.2) is 30.3 Å². The van der Waals surface area contributed by atoms with Crippen molar-refractivity contribution in [3.63, 3.8) is 0 Å². The van der Waals surface area contributed by atoms with Crippen LogP contribution in [0.25, 0.3) is 0 Å². The fourth-order valence-electron chi connectivity index (χ4n) is 2.73. The Bertz CT molecular complexity index is 430. The minimum Gasteiger partial charge on any atom is -0.352 e. The first-order valence-electron chi connectivity index (χ1n) is 7.08. The highest BCUT2D eigenvalue weighted by Gasteiger charge is 2.29. The lowest BCUT2D eigenvalue weighted by Gasteiger charge is -2.27. The van der Waals surface area contributed by atoms with E-state index in [9.17, 15) is 4.79 Å². The zero-order valence-electron chi connectivity index (χ0n) is 11.1. The molecule has 1 unspecified atom stereocenters. The van der Waals surface area contributed by atoms with E-state index in [1.807, 2.05) is 6.07 Å². The van der Waals surface area contributed by atoms with Crippen molar-refractivity contribution in [2.24, 2.45) is 5.92 Å². The van der Waals surface area contributed by atoms with Gasteiger partial charge in [0.2, 0.25) is 5.91 Å². The van der Waals surface area contributed by atoms with Crippen molar-refractivity contribution in [3.05, 3.63) is 35.9 Å². The Labute approximate surface area is 114 Å². The number of carbonyl (C=O) groups is 1. The van der Waals surface area contributed by atoms with Gasteiger partial charge in [0, 0.05) is 38.8 Å². The molecule has 1 aromatic carbocycles.